The van der Waals surface area contributed by atoms with Crippen LogP contribution >= 0.6 is 0 Å². The van der Waals surface area contributed by atoms with Crippen LogP contribution in [0.4, 0.5) is 0 Å². The molecule has 3 unspecified atom stereocenters. The van der Waals surface area contributed by atoms with Gasteiger partial charge in [-0.15, -0.1) is 6.42 Å². The van der Waals surface area contributed by atoms with Gasteiger partial charge in [0.1, 0.15) is 0 Å². The fraction of sp³-hybridized carbons (Fsp3) is 0.867. The number of rotatable bonds is 4. The van der Waals surface area contributed by atoms with Gasteiger partial charge in [-0.05, 0) is 52.2 Å². The number of nitrogens with zero attached hydrogens (tertiary/aromatic N) is 2. The van der Waals surface area contributed by atoms with E-state index in [0.29, 0.717) is 12.6 Å². The zero-order valence-corrected chi connectivity index (χ0v) is 11.9. The van der Waals surface area contributed by atoms with E-state index in [-0.39, 0.29) is 0 Å². The maximum Gasteiger partial charge on any atom is 0.0574 e. The van der Waals surface area contributed by atoms with Crippen molar-refractivity contribution in [3.8, 4) is 12.3 Å². The van der Waals surface area contributed by atoms with Gasteiger partial charge in [-0.25, -0.2) is 0 Å². The van der Waals surface area contributed by atoms with E-state index in [1.807, 2.05) is 0 Å². The van der Waals surface area contributed by atoms with Gasteiger partial charge in [0.25, 0.3) is 0 Å². The molecule has 3 heteroatoms. The van der Waals surface area contributed by atoms with Crippen LogP contribution in [0.25, 0.3) is 0 Å². The lowest BCUT2D eigenvalue weighted by atomic mass is 9.84. The molecule has 1 N–H and O–H groups in total. The topological polar surface area (TPSA) is 18.5 Å². The van der Waals surface area contributed by atoms with Crippen LogP contribution in [0.2, 0.25) is 0 Å². The zero-order valence-electron chi connectivity index (χ0n) is 11.9. The summed E-state index contributed by atoms with van der Waals surface area (Å²) >= 11 is 0. The van der Waals surface area contributed by atoms with Gasteiger partial charge in [-0.2, -0.15) is 0 Å². The van der Waals surface area contributed by atoms with E-state index in [1.165, 1.54) is 38.9 Å². The summed E-state index contributed by atoms with van der Waals surface area (Å²) in [5, 5.41) is 3.32. The molecule has 0 bridgehead atoms. The van der Waals surface area contributed by atoms with E-state index in [9.17, 15) is 0 Å². The lowest BCUT2D eigenvalue weighted by Gasteiger charge is -2.47. The summed E-state index contributed by atoms with van der Waals surface area (Å²) in [6.07, 6.45) is 9.38. The molecule has 0 spiro atoms. The predicted octanol–water partition coefficient (Wildman–Crippen LogP) is 1.01. The summed E-state index contributed by atoms with van der Waals surface area (Å²) in [6, 6.07) is 1.44. The Morgan fingerprint density at radius 3 is 3.00 bits per heavy atom. The molecule has 0 aromatic heterocycles. The first-order valence-corrected chi connectivity index (χ1v) is 7.31. The lowest BCUT2D eigenvalue weighted by Crippen LogP contribution is -2.55. The number of piperidine rings is 2. The van der Waals surface area contributed by atoms with Crippen LogP contribution in [-0.4, -0.2) is 61.7 Å². The number of fused-ring (bicyclic) bond motifs is 1. The highest BCUT2D eigenvalue weighted by molar-refractivity contribution is 4.91. The van der Waals surface area contributed by atoms with Crippen LogP contribution in [-0.2, 0) is 0 Å². The summed E-state index contributed by atoms with van der Waals surface area (Å²) in [5.41, 5.74) is 0. The molecule has 0 radical (unpaired) electrons. The van der Waals surface area contributed by atoms with Crippen molar-refractivity contribution >= 4 is 0 Å². The quantitative estimate of drug-likeness (QED) is 0.593. The fourth-order valence-corrected chi connectivity index (χ4v) is 3.56. The average molecular weight is 249 g/mol. The van der Waals surface area contributed by atoms with Crippen LogP contribution in [0.15, 0.2) is 0 Å². The number of likely N-dealkylation sites (tertiary alicyclic amines) is 2. The molecule has 2 saturated heterocycles. The highest BCUT2D eigenvalue weighted by atomic mass is 15.2. The molecular weight excluding hydrogens is 222 g/mol. The molecule has 0 amide bonds. The van der Waals surface area contributed by atoms with Gasteiger partial charge in [-0.3, -0.25) is 4.90 Å². The summed E-state index contributed by atoms with van der Waals surface area (Å²) in [7, 11) is 2.30. The van der Waals surface area contributed by atoms with Crippen molar-refractivity contribution in [1.82, 2.24) is 15.1 Å². The van der Waals surface area contributed by atoms with Crippen molar-refractivity contribution in [2.75, 3.05) is 39.8 Å². The maximum atomic E-state index is 5.26. The molecule has 0 aromatic carbocycles. The molecule has 2 heterocycles. The molecule has 102 valence electrons. The van der Waals surface area contributed by atoms with Crippen LogP contribution in [0.1, 0.15) is 26.2 Å². The van der Waals surface area contributed by atoms with Crippen molar-refractivity contribution in [2.45, 2.75) is 38.3 Å². The average Bonchev–Trinajstić information content (AvgIpc) is 2.39. The normalized spacial score (nSPS) is 31.6. The van der Waals surface area contributed by atoms with Crippen molar-refractivity contribution in [3.63, 3.8) is 0 Å². The van der Waals surface area contributed by atoms with Gasteiger partial charge in [0.15, 0.2) is 0 Å². The highest BCUT2D eigenvalue weighted by Gasteiger charge is 2.35. The van der Waals surface area contributed by atoms with E-state index in [2.05, 4.69) is 35.0 Å². The maximum absolute atomic E-state index is 5.26. The van der Waals surface area contributed by atoms with Gasteiger partial charge in [-0.1, -0.05) is 5.92 Å². The van der Waals surface area contributed by atoms with Gasteiger partial charge in [0.05, 0.1) is 6.54 Å². The van der Waals surface area contributed by atoms with Crippen LogP contribution in [0.3, 0.4) is 0 Å². The largest absolute Gasteiger partial charge is 0.305 e. The molecule has 0 aliphatic carbocycles. The minimum Gasteiger partial charge on any atom is -0.305 e. The summed E-state index contributed by atoms with van der Waals surface area (Å²) in [6.45, 7) is 7.82. The Kier molecular flexibility index (Phi) is 5.05. The number of terminal acetylenes is 1. The first-order valence-electron chi connectivity index (χ1n) is 7.31. The molecule has 0 saturated carbocycles. The minimum absolute atomic E-state index is 0.603. The fourth-order valence-electron chi connectivity index (χ4n) is 3.56. The van der Waals surface area contributed by atoms with Crippen LogP contribution in [0.5, 0.6) is 0 Å². The Labute approximate surface area is 112 Å². The van der Waals surface area contributed by atoms with Gasteiger partial charge < -0.3 is 10.2 Å². The predicted molar refractivity (Wildman–Crippen MR) is 76.5 cm³/mol. The molecule has 2 aliphatic heterocycles. The zero-order chi connectivity index (χ0) is 13.0. The van der Waals surface area contributed by atoms with E-state index in [4.69, 9.17) is 6.42 Å². The number of hydrogen-bond donors (Lipinski definition) is 1. The van der Waals surface area contributed by atoms with Gasteiger partial charge in [0.2, 0.25) is 0 Å². The molecule has 2 rings (SSSR count). The molecule has 3 atom stereocenters. The number of hydrogen-bond acceptors (Lipinski definition) is 3. The second kappa shape index (κ2) is 6.56. The van der Waals surface area contributed by atoms with E-state index < -0.39 is 0 Å². The van der Waals surface area contributed by atoms with E-state index in [0.717, 1.165) is 18.5 Å². The van der Waals surface area contributed by atoms with Crippen molar-refractivity contribution in [2.24, 2.45) is 5.92 Å². The first kappa shape index (κ1) is 13.9. The highest BCUT2D eigenvalue weighted by Crippen LogP contribution is 2.30. The molecule has 2 fully saturated rings. The van der Waals surface area contributed by atoms with Crippen molar-refractivity contribution in [3.05, 3.63) is 0 Å². The molecule has 2 aliphatic rings. The van der Waals surface area contributed by atoms with Crippen LogP contribution < -0.4 is 5.32 Å². The Morgan fingerprint density at radius 2 is 2.22 bits per heavy atom. The molecule has 18 heavy (non-hydrogen) atoms. The standard InChI is InChI=1S/C15H27N3/c1-4-8-16-11-13(2)18-10-7-15-14(12-18)6-5-9-17(15)3/h1,13-16H,5-12H2,2-3H3. The second-order valence-electron chi connectivity index (χ2n) is 5.92. The Balaban J connectivity index is 1.81. The molecular formula is C15H27N3. The van der Waals surface area contributed by atoms with Crippen LogP contribution in [0, 0.1) is 18.3 Å². The second-order valence-corrected chi connectivity index (χ2v) is 5.92. The SMILES string of the molecule is C#CCNCC(C)N1CCC2C(CCCN2C)C1. The Hall–Kier alpha value is -0.560. The third-order valence-electron chi connectivity index (χ3n) is 4.67. The summed E-state index contributed by atoms with van der Waals surface area (Å²) in [4.78, 5) is 5.22. The lowest BCUT2D eigenvalue weighted by molar-refractivity contribution is 0.0236. The Bertz CT molecular complexity index is 297. The van der Waals surface area contributed by atoms with Crippen molar-refractivity contribution < 1.29 is 0 Å². The van der Waals surface area contributed by atoms with Crippen molar-refractivity contribution in [1.29, 1.82) is 0 Å². The van der Waals surface area contributed by atoms with E-state index >= 15 is 0 Å². The first-order chi connectivity index (χ1) is 8.72. The monoisotopic (exact) mass is 249 g/mol. The van der Waals surface area contributed by atoms with Gasteiger partial charge in [0, 0.05) is 25.2 Å². The molecule has 3 nitrogen and oxygen atoms in total. The Morgan fingerprint density at radius 1 is 1.39 bits per heavy atom. The minimum atomic E-state index is 0.603. The van der Waals surface area contributed by atoms with E-state index in [1.54, 1.807) is 0 Å². The summed E-state index contributed by atoms with van der Waals surface area (Å²) < 4.78 is 0. The third kappa shape index (κ3) is 3.26. The third-order valence-corrected chi connectivity index (χ3v) is 4.67. The summed E-state index contributed by atoms with van der Waals surface area (Å²) in [5.74, 6) is 3.52. The molecule has 0 aromatic rings. The number of nitrogens with one attached hydrogen (secondary N) is 1. The van der Waals surface area contributed by atoms with Gasteiger partial charge >= 0.3 is 0 Å². The smallest absolute Gasteiger partial charge is 0.0574 e.